The van der Waals surface area contributed by atoms with Gasteiger partial charge >= 0.3 is 0 Å². The van der Waals surface area contributed by atoms with Crippen molar-refractivity contribution in [1.29, 1.82) is 0 Å². The monoisotopic (exact) mass is 306 g/mol. The minimum absolute atomic E-state index is 0.528. The van der Waals surface area contributed by atoms with E-state index in [1.807, 2.05) is 0 Å². The van der Waals surface area contributed by atoms with E-state index in [1.54, 1.807) is 0 Å². The minimum Gasteiger partial charge on any atom is -0.158 e. The molecular weight excluding hydrogens is 284 g/mol. The predicted octanol–water partition coefficient (Wildman–Crippen LogP) is 6.38. The quantitative estimate of drug-likeness (QED) is 0.525. The van der Waals surface area contributed by atoms with E-state index in [2.05, 4.69) is 105 Å². The third-order valence-electron chi connectivity index (χ3n) is 4.05. The van der Waals surface area contributed by atoms with Crippen molar-refractivity contribution < 1.29 is 0 Å². The molecule has 0 fully saturated rings. The zero-order chi connectivity index (χ0) is 15.4. The first-order chi connectivity index (χ1) is 10.8. The lowest BCUT2D eigenvalue weighted by molar-refractivity contribution is 1.05. The summed E-state index contributed by atoms with van der Waals surface area (Å²) < 4.78 is 0. The summed E-state index contributed by atoms with van der Waals surface area (Å²) in [5, 5.41) is 0.528. The Morgan fingerprint density at radius 3 is 1.00 bits per heavy atom. The molecule has 3 rings (SSSR count). The van der Waals surface area contributed by atoms with E-state index in [1.165, 1.54) is 14.7 Å². The van der Waals surface area contributed by atoms with Gasteiger partial charge < -0.3 is 0 Å². The van der Waals surface area contributed by atoms with Crippen molar-refractivity contribution >= 4 is 10.0 Å². The van der Waals surface area contributed by atoms with E-state index >= 15 is 0 Å². The number of rotatable bonds is 4. The van der Waals surface area contributed by atoms with Gasteiger partial charge in [0.25, 0.3) is 0 Å². The summed E-state index contributed by atoms with van der Waals surface area (Å²) in [7, 11) is -1.25. The fourth-order valence-electron chi connectivity index (χ4n) is 3.13. The zero-order valence-corrected chi connectivity index (χ0v) is 14.0. The van der Waals surface area contributed by atoms with Crippen molar-refractivity contribution in [2.24, 2.45) is 0 Å². The summed E-state index contributed by atoms with van der Waals surface area (Å²) in [6, 6.07) is 33.0. The SMILES string of the molecule is CC(C)S(c1ccccc1)(c1ccccc1)c1ccccc1. The molecular formula is C21H22S. The Labute approximate surface area is 135 Å². The number of hydrogen-bond acceptors (Lipinski definition) is 0. The number of benzene rings is 3. The largest absolute Gasteiger partial charge is 0.158 e. The van der Waals surface area contributed by atoms with Crippen molar-refractivity contribution in [2.75, 3.05) is 0 Å². The van der Waals surface area contributed by atoms with E-state index in [-0.39, 0.29) is 0 Å². The predicted molar refractivity (Wildman–Crippen MR) is 96.9 cm³/mol. The summed E-state index contributed by atoms with van der Waals surface area (Å²) in [6.45, 7) is 4.70. The molecule has 1 heteroatoms. The molecule has 0 saturated heterocycles. The summed E-state index contributed by atoms with van der Waals surface area (Å²) >= 11 is 0. The van der Waals surface area contributed by atoms with Gasteiger partial charge in [-0.3, -0.25) is 0 Å². The lowest BCUT2D eigenvalue weighted by Gasteiger charge is -2.45. The molecule has 22 heavy (non-hydrogen) atoms. The van der Waals surface area contributed by atoms with Crippen LogP contribution in [-0.4, -0.2) is 5.25 Å². The second-order valence-corrected chi connectivity index (χ2v) is 9.32. The molecule has 3 aromatic rings. The second-order valence-electron chi connectivity index (χ2n) is 5.65. The highest BCUT2D eigenvalue weighted by atomic mass is 32.3. The smallest absolute Gasteiger partial charge is 0.00164 e. The van der Waals surface area contributed by atoms with Gasteiger partial charge in [0.2, 0.25) is 0 Å². The second kappa shape index (κ2) is 6.41. The molecule has 0 heterocycles. The molecule has 112 valence electrons. The number of hydrogen-bond donors (Lipinski definition) is 0. The van der Waals surface area contributed by atoms with Gasteiger partial charge in [0.1, 0.15) is 0 Å². The summed E-state index contributed by atoms with van der Waals surface area (Å²) in [6.07, 6.45) is 0. The first-order valence-electron chi connectivity index (χ1n) is 7.73. The van der Waals surface area contributed by atoms with Gasteiger partial charge in [0.05, 0.1) is 0 Å². The molecule has 0 bridgehead atoms. The average Bonchev–Trinajstić information content (AvgIpc) is 2.58. The van der Waals surface area contributed by atoms with Crippen LogP contribution in [0.15, 0.2) is 106 Å². The zero-order valence-electron chi connectivity index (χ0n) is 13.1. The van der Waals surface area contributed by atoms with Crippen LogP contribution in [0.1, 0.15) is 13.8 Å². The molecule has 0 radical (unpaired) electrons. The molecule has 0 aliphatic rings. The molecule has 0 aromatic heterocycles. The third-order valence-corrected chi connectivity index (χ3v) is 8.51. The highest BCUT2D eigenvalue weighted by Gasteiger charge is 2.33. The molecule has 0 aliphatic carbocycles. The van der Waals surface area contributed by atoms with Crippen LogP contribution >= 0.6 is 10.0 Å². The average molecular weight is 306 g/mol. The Kier molecular flexibility index (Phi) is 4.35. The molecule has 0 amide bonds. The molecule has 0 nitrogen and oxygen atoms in total. The molecule has 0 aliphatic heterocycles. The van der Waals surface area contributed by atoms with Crippen LogP contribution < -0.4 is 0 Å². The van der Waals surface area contributed by atoms with E-state index in [0.717, 1.165) is 0 Å². The van der Waals surface area contributed by atoms with Crippen LogP contribution in [0.5, 0.6) is 0 Å². The molecule has 0 spiro atoms. The molecule has 0 N–H and O–H groups in total. The van der Waals surface area contributed by atoms with Gasteiger partial charge in [-0.2, -0.15) is 10.0 Å². The first-order valence-corrected chi connectivity index (χ1v) is 9.43. The van der Waals surface area contributed by atoms with Crippen molar-refractivity contribution in [3.8, 4) is 0 Å². The maximum absolute atomic E-state index is 2.35. The van der Waals surface area contributed by atoms with Crippen molar-refractivity contribution in [3.05, 3.63) is 91.0 Å². The molecule has 0 saturated carbocycles. The summed E-state index contributed by atoms with van der Waals surface area (Å²) in [4.78, 5) is 4.30. The van der Waals surface area contributed by atoms with Gasteiger partial charge in [0.15, 0.2) is 0 Å². The normalized spacial score (nSPS) is 12.3. The Morgan fingerprint density at radius 1 is 0.500 bits per heavy atom. The van der Waals surface area contributed by atoms with E-state index in [0.29, 0.717) is 5.25 Å². The van der Waals surface area contributed by atoms with Crippen molar-refractivity contribution in [2.45, 2.75) is 33.8 Å². The van der Waals surface area contributed by atoms with Crippen LogP contribution in [0.25, 0.3) is 0 Å². The standard InChI is InChI=1S/C21H22S/c1-18(2)22(19-12-6-3-7-13-19,20-14-8-4-9-15-20)21-16-10-5-11-17-21/h3-18H,1-2H3. The van der Waals surface area contributed by atoms with Crippen LogP contribution in [0.2, 0.25) is 0 Å². The van der Waals surface area contributed by atoms with Gasteiger partial charge in [-0.1, -0.05) is 68.4 Å². The topological polar surface area (TPSA) is 0 Å². The molecule has 3 aromatic carbocycles. The molecule has 0 atom stereocenters. The lowest BCUT2D eigenvalue weighted by Crippen LogP contribution is -2.14. The molecule has 0 unspecified atom stereocenters. The fraction of sp³-hybridized carbons (Fsp3) is 0.143. The lowest BCUT2D eigenvalue weighted by atomic mass is 10.4. The minimum atomic E-state index is -1.25. The summed E-state index contributed by atoms with van der Waals surface area (Å²) in [5.41, 5.74) is 0. The van der Waals surface area contributed by atoms with E-state index in [9.17, 15) is 0 Å². The van der Waals surface area contributed by atoms with Gasteiger partial charge in [-0.05, 0) is 56.3 Å². The van der Waals surface area contributed by atoms with Crippen LogP contribution in [0.3, 0.4) is 0 Å². The first kappa shape index (κ1) is 14.9. The Hall–Kier alpha value is -1.99. The van der Waals surface area contributed by atoms with Gasteiger partial charge in [-0.25, -0.2) is 0 Å². The van der Waals surface area contributed by atoms with Crippen LogP contribution in [-0.2, 0) is 0 Å². The summed E-state index contributed by atoms with van der Waals surface area (Å²) in [5.74, 6) is 0. The van der Waals surface area contributed by atoms with Gasteiger partial charge in [-0.15, -0.1) is 0 Å². The maximum Gasteiger partial charge on any atom is -0.00164 e. The Balaban J connectivity index is 2.34. The highest BCUT2D eigenvalue weighted by Crippen LogP contribution is 2.70. The van der Waals surface area contributed by atoms with Gasteiger partial charge in [0, 0.05) is 0 Å². The van der Waals surface area contributed by atoms with E-state index in [4.69, 9.17) is 0 Å². The Morgan fingerprint density at radius 2 is 0.773 bits per heavy atom. The van der Waals surface area contributed by atoms with Crippen LogP contribution in [0.4, 0.5) is 0 Å². The van der Waals surface area contributed by atoms with Crippen molar-refractivity contribution in [3.63, 3.8) is 0 Å². The maximum atomic E-state index is 2.35. The van der Waals surface area contributed by atoms with Crippen LogP contribution in [0, 0.1) is 0 Å². The third kappa shape index (κ3) is 2.46. The van der Waals surface area contributed by atoms with Crippen molar-refractivity contribution in [1.82, 2.24) is 0 Å². The van der Waals surface area contributed by atoms with E-state index < -0.39 is 10.0 Å². The Bertz CT molecular complexity index is 606. The fourth-order valence-corrected chi connectivity index (χ4v) is 7.34. The highest BCUT2D eigenvalue weighted by molar-refractivity contribution is 8.34.